The number of aliphatic hydroxyl groups is 4. The lowest BCUT2D eigenvalue weighted by Gasteiger charge is -2.20. The van der Waals surface area contributed by atoms with Crippen LogP contribution in [0.1, 0.15) is 33.3 Å². The molecule has 0 aliphatic carbocycles. The molecule has 0 spiro atoms. The van der Waals surface area contributed by atoms with E-state index in [1.54, 1.807) is 0 Å². The van der Waals surface area contributed by atoms with Crippen molar-refractivity contribution in [3.8, 4) is 0 Å². The molecule has 0 saturated carbocycles. The second kappa shape index (κ2) is 12.5. The summed E-state index contributed by atoms with van der Waals surface area (Å²) in [6.07, 6.45) is -8.90. The molecule has 2 unspecified atom stereocenters. The van der Waals surface area contributed by atoms with Crippen molar-refractivity contribution in [1.29, 1.82) is 0 Å². The zero-order chi connectivity index (χ0) is 31.0. The lowest BCUT2D eigenvalue weighted by Crippen LogP contribution is -2.46. The summed E-state index contributed by atoms with van der Waals surface area (Å²) in [7, 11) is -10.8. The second-order valence-electron chi connectivity index (χ2n) is 9.00. The van der Waals surface area contributed by atoms with Gasteiger partial charge in [0.25, 0.3) is 12.1 Å². The third-order valence-corrected chi connectivity index (χ3v) is 8.68. The van der Waals surface area contributed by atoms with Gasteiger partial charge < -0.3 is 50.5 Å². The first-order chi connectivity index (χ1) is 19.6. The molecule has 2 fully saturated rings. The van der Waals surface area contributed by atoms with Crippen LogP contribution in [0.3, 0.4) is 0 Å². The van der Waals surface area contributed by atoms with Gasteiger partial charge in [0.15, 0.2) is 30.4 Å². The lowest BCUT2D eigenvalue weighted by molar-refractivity contribution is -0.765. The molecule has 2 aliphatic heterocycles. The highest BCUT2D eigenvalue weighted by Gasteiger charge is 2.50. The maximum Gasteiger partial charge on any atom is 0.481 e. The Hall–Kier alpha value is -2.75. The number of hydrogen-bond acceptors (Lipinski definition) is 15. The Morgan fingerprint density at radius 3 is 2.17 bits per heavy atom. The fourth-order valence-corrected chi connectivity index (χ4v) is 6.10. The summed E-state index contributed by atoms with van der Waals surface area (Å²) in [4.78, 5) is 42.2. The monoisotopic (exact) mass is 642 g/mol. The van der Waals surface area contributed by atoms with E-state index in [9.17, 15) is 48.9 Å². The number of phosphoric ester groups is 2. The van der Waals surface area contributed by atoms with Crippen LogP contribution in [-0.4, -0.2) is 112 Å². The number of nitrogens with zero attached hydrogens (tertiary/aromatic N) is 4. The summed E-state index contributed by atoms with van der Waals surface area (Å²) < 4.78 is 50.8. The molecule has 2 aromatic rings. The molecule has 21 nitrogen and oxygen atoms in total. The molecule has 4 heterocycles. The van der Waals surface area contributed by atoms with Crippen LogP contribution in [0.2, 0.25) is 0 Å². The van der Waals surface area contributed by atoms with Gasteiger partial charge in [-0.3, -0.25) is 13.8 Å². The molecule has 232 valence electrons. The summed E-state index contributed by atoms with van der Waals surface area (Å²) in [5, 5.41) is 56.7. The van der Waals surface area contributed by atoms with Crippen LogP contribution in [0.5, 0.6) is 0 Å². The number of carboxylic acid groups (broad SMARTS) is 1. The van der Waals surface area contributed by atoms with Gasteiger partial charge in [0, 0.05) is 6.07 Å². The Bertz CT molecular complexity index is 1410. The Kier molecular flexibility index (Phi) is 9.55. The number of primary amides is 1. The topological polar surface area (TPSA) is 317 Å². The third kappa shape index (κ3) is 7.24. The number of phosphoric acid groups is 2. The molecule has 1 amide bonds. The average molecular weight is 642 g/mol. The number of carbonyl (C=O) groups is 2. The van der Waals surface area contributed by atoms with Crippen molar-refractivity contribution in [3.05, 3.63) is 42.0 Å². The fraction of sp³-hybridized carbons (Fsp3) is 0.526. The van der Waals surface area contributed by atoms with E-state index in [1.165, 1.54) is 29.1 Å². The molecule has 2 aliphatic rings. The number of ether oxygens (including phenoxy) is 2. The normalized spacial score (nSPS) is 32.3. The maximum absolute atomic E-state index is 12.3. The average Bonchev–Trinajstić information content (AvgIpc) is 3.59. The van der Waals surface area contributed by atoms with Crippen molar-refractivity contribution in [2.45, 2.75) is 49.1 Å². The number of hydrogen-bond donors (Lipinski definition) is 8. The second-order valence-corrected chi connectivity index (χ2v) is 12.0. The first-order valence-corrected chi connectivity index (χ1v) is 14.7. The standard InChI is InChI=1S/C19H25N5O16P2/c20-16(29)8-2-1-3-23(4-8)17-14(27)12(25)10(38-17)6-36-41(32,33)40-42(34,35)37-7-11-13(26)15(28)18(39-11)24-5-9(19(30)31)21-22-24/h1-5,10-15,17-18,25-28H,6-7H2,(H4-,20,29,30,31,32,33,34,35)/p+1/t10-,11+,12-,13+,14-,15+,17-,18+/m1/s1. The molecule has 2 saturated heterocycles. The molecule has 0 aromatic carbocycles. The summed E-state index contributed by atoms with van der Waals surface area (Å²) in [6.45, 7) is -1.89. The number of aromatic nitrogens is 4. The van der Waals surface area contributed by atoms with E-state index in [1.807, 2.05) is 0 Å². The Morgan fingerprint density at radius 1 is 1.00 bits per heavy atom. The highest BCUT2D eigenvalue weighted by Crippen LogP contribution is 2.60. The van der Waals surface area contributed by atoms with Gasteiger partial charge >= 0.3 is 21.6 Å². The zero-order valence-electron chi connectivity index (χ0n) is 21.0. The predicted octanol–water partition coefficient (Wildman–Crippen LogP) is -3.45. The van der Waals surface area contributed by atoms with Crippen LogP contribution in [0.25, 0.3) is 0 Å². The fourth-order valence-electron chi connectivity index (χ4n) is 4.01. The smallest absolute Gasteiger partial charge is 0.476 e. The van der Waals surface area contributed by atoms with Crippen LogP contribution < -0.4 is 10.3 Å². The van der Waals surface area contributed by atoms with Gasteiger partial charge in [0.1, 0.15) is 36.1 Å². The number of carboxylic acids is 1. The maximum atomic E-state index is 12.3. The van der Waals surface area contributed by atoms with Crippen molar-refractivity contribution in [2.24, 2.45) is 5.73 Å². The number of aromatic carboxylic acids is 1. The minimum absolute atomic E-state index is 0.0562. The van der Waals surface area contributed by atoms with Gasteiger partial charge in [-0.25, -0.2) is 18.6 Å². The van der Waals surface area contributed by atoms with Gasteiger partial charge in [-0.15, -0.1) is 5.10 Å². The number of aliphatic hydroxyl groups excluding tert-OH is 4. The molecule has 0 bridgehead atoms. The van der Waals surface area contributed by atoms with E-state index in [2.05, 4.69) is 23.7 Å². The molecular weight excluding hydrogens is 616 g/mol. The molecule has 2 aromatic heterocycles. The largest absolute Gasteiger partial charge is 0.481 e. The van der Waals surface area contributed by atoms with Gasteiger partial charge in [-0.05, 0) is 6.07 Å². The molecule has 0 radical (unpaired) electrons. The first-order valence-electron chi connectivity index (χ1n) is 11.7. The summed E-state index contributed by atoms with van der Waals surface area (Å²) in [6, 6.07) is 2.81. The van der Waals surface area contributed by atoms with Crippen molar-refractivity contribution in [1.82, 2.24) is 15.0 Å². The van der Waals surface area contributed by atoms with Gasteiger partial charge in [-0.2, -0.15) is 8.88 Å². The van der Waals surface area contributed by atoms with Crippen molar-refractivity contribution < 1.29 is 81.4 Å². The Morgan fingerprint density at radius 2 is 1.60 bits per heavy atom. The van der Waals surface area contributed by atoms with Crippen molar-refractivity contribution in [3.63, 3.8) is 0 Å². The number of rotatable bonds is 12. The SMILES string of the molecule is NC(=O)c1ccc[n+]([C@@H]2O[C@H](COP(=O)(O)OP(=O)(O)OC[C@@H]3O[C@H](n4cc(C(=O)O)nn4)[C@@H](O)[C@H]3O)[C@@H](O)[C@H]2O)c1. The van der Waals surface area contributed by atoms with Crippen molar-refractivity contribution >= 4 is 27.5 Å². The minimum atomic E-state index is -5.40. The van der Waals surface area contributed by atoms with E-state index >= 15 is 0 Å². The van der Waals surface area contributed by atoms with Crippen LogP contribution in [0, 0.1) is 0 Å². The molecule has 10 atom stereocenters. The first kappa shape index (κ1) is 32.2. The number of amides is 1. The number of nitrogens with two attached hydrogens (primary N) is 1. The number of pyridine rings is 1. The quantitative estimate of drug-likeness (QED) is 0.0824. The molecule has 42 heavy (non-hydrogen) atoms. The molecule has 4 rings (SSSR count). The summed E-state index contributed by atoms with van der Waals surface area (Å²) >= 11 is 0. The van der Waals surface area contributed by atoms with Crippen LogP contribution in [0.4, 0.5) is 0 Å². The van der Waals surface area contributed by atoms with Crippen LogP contribution in [-0.2, 0) is 32.0 Å². The zero-order valence-corrected chi connectivity index (χ0v) is 22.8. The van der Waals surface area contributed by atoms with Gasteiger partial charge in [-0.1, -0.05) is 5.21 Å². The van der Waals surface area contributed by atoms with E-state index < -0.39 is 95.5 Å². The van der Waals surface area contributed by atoms with Gasteiger partial charge in [0.05, 0.1) is 19.4 Å². The highest BCUT2D eigenvalue weighted by molar-refractivity contribution is 7.61. The van der Waals surface area contributed by atoms with E-state index in [0.29, 0.717) is 0 Å². The molecular formula is C19H26N5O16P2+. The van der Waals surface area contributed by atoms with E-state index in [-0.39, 0.29) is 5.56 Å². The number of carbonyl (C=O) groups excluding carboxylic acids is 1. The summed E-state index contributed by atoms with van der Waals surface area (Å²) in [5.41, 5.74) is 4.78. The minimum Gasteiger partial charge on any atom is -0.476 e. The van der Waals surface area contributed by atoms with Crippen molar-refractivity contribution in [2.75, 3.05) is 13.2 Å². The Balaban J connectivity index is 1.30. The highest BCUT2D eigenvalue weighted by atomic mass is 31.3. The molecule has 9 N–H and O–H groups in total. The van der Waals surface area contributed by atoms with Crippen LogP contribution in [0.15, 0.2) is 30.7 Å². The lowest BCUT2D eigenvalue weighted by atomic mass is 10.1. The Labute approximate surface area is 234 Å². The van der Waals surface area contributed by atoms with Gasteiger partial charge in [0.2, 0.25) is 0 Å². The van der Waals surface area contributed by atoms with E-state index in [0.717, 1.165) is 10.9 Å². The van der Waals surface area contributed by atoms with E-state index in [4.69, 9.17) is 20.3 Å². The molecule has 23 heteroatoms. The van der Waals surface area contributed by atoms with Crippen LogP contribution >= 0.6 is 15.6 Å². The summed E-state index contributed by atoms with van der Waals surface area (Å²) in [5.74, 6) is -2.21. The predicted molar refractivity (Wildman–Crippen MR) is 127 cm³/mol. The third-order valence-electron chi connectivity index (χ3n) is 6.08.